The highest BCUT2D eigenvalue weighted by atomic mass is 19.1. The van der Waals surface area contributed by atoms with Gasteiger partial charge in [-0.3, -0.25) is 4.79 Å². The Morgan fingerprint density at radius 2 is 1.64 bits per heavy atom. The predicted octanol–water partition coefficient (Wildman–Crippen LogP) is 2.57. The van der Waals surface area contributed by atoms with E-state index in [1.54, 1.807) is 13.0 Å². The number of amides is 1. The summed E-state index contributed by atoms with van der Waals surface area (Å²) in [7, 11) is -0.697. The van der Waals surface area contributed by atoms with Crippen molar-refractivity contribution in [3.05, 3.63) is 24.0 Å². The average Bonchev–Trinajstić information content (AvgIpc) is 2.80. The zero-order valence-corrected chi connectivity index (χ0v) is 17.5. The number of hydrogen-bond acceptors (Lipinski definition) is 4. The minimum absolute atomic E-state index is 0.147. The van der Waals surface area contributed by atoms with E-state index in [9.17, 15) is 4.79 Å². The van der Waals surface area contributed by atoms with Gasteiger partial charge in [0, 0.05) is 44.0 Å². The zero-order chi connectivity index (χ0) is 20.3. The second-order valence-corrected chi connectivity index (χ2v) is 9.63. The number of benzene rings is 1. The summed E-state index contributed by atoms with van der Waals surface area (Å²) in [6.07, 6.45) is 1.97. The summed E-state index contributed by atoms with van der Waals surface area (Å²) >= 11 is 0. The number of piperidine rings is 1. The van der Waals surface area contributed by atoms with Gasteiger partial charge in [-0.15, -0.1) is 0 Å². The molecule has 1 aromatic carbocycles. The summed E-state index contributed by atoms with van der Waals surface area (Å²) in [4.78, 5) is 15.5. The van der Waals surface area contributed by atoms with Crippen LogP contribution in [0.2, 0.25) is 0 Å². The minimum atomic E-state index is -0.697. The topological polar surface area (TPSA) is 42.0 Å². The van der Waals surface area contributed by atoms with E-state index in [1.807, 2.05) is 44.7 Å². The molecular formula is C21H30BFN2O3. The molecule has 3 aliphatic heterocycles. The molecule has 0 bridgehead atoms. The number of halogens is 1. The Kier molecular flexibility index (Phi) is 4.55. The van der Waals surface area contributed by atoms with Crippen LogP contribution in [-0.4, -0.2) is 55.3 Å². The Morgan fingerprint density at radius 1 is 1.07 bits per heavy atom. The standard InChI is InChI=1S/C21H30BFN2O3/c1-15(26)25-13-21(14-25)9-11-24(12-10-21)17-8-6-7-16(18(17)23)22-27-19(2,3)20(4,5)28-22/h6-8H,9-14H2,1-5H3. The first kappa shape index (κ1) is 19.7. The molecule has 4 rings (SSSR count). The number of carbonyl (C=O) groups excluding carboxylic acids is 1. The molecule has 0 aromatic heterocycles. The van der Waals surface area contributed by atoms with E-state index in [1.165, 1.54) is 0 Å². The number of nitrogens with zero attached hydrogens (tertiary/aromatic N) is 2. The van der Waals surface area contributed by atoms with Crippen LogP contribution in [0.15, 0.2) is 18.2 Å². The van der Waals surface area contributed by atoms with Gasteiger partial charge in [0.05, 0.1) is 16.9 Å². The maximum atomic E-state index is 15.4. The van der Waals surface area contributed by atoms with E-state index >= 15 is 4.39 Å². The van der Waals surface area contributed by atoms with Gasteiger partial charge in [-0.2, -0.15) is 0 Å². The summed E-state index contributed by atoms with van der Waals surface area (Å²) in [5.41, 5.74) is 0.309. The van der Waals surface area contributed by atoms with Gasteiger partial charge in [0.15, 0.2) is 0 Å². The third kappa shape index (κ3) is 3.13. The maximum absolute atomic E-state index is 15.4. The van der Waals surface area contributed by atoms with Crippen molar-refractivity contribution in [2.75, 3.05) is 31.1 Å². The van der Waals surface area contributed by atoms with Gasteiger partial charge >= 0.3 is 7.12 Å². The third-order valence-electron chi connectivity index (χ3n) is 7.18. The molecule has 0 atom stereocenters. The summed E-state index contributed by atoms with van der Waals surface area (Å²) < 4.78 is 27.5. The fraction of sp³-hybridized carbons (Fsp3) is 0.667. The molecule has 28 heavy (non-hydrogen) atoms. The average molecular weight is 388 g/mol. The Labute approximate surface area is 167 Å². The molecule has 0 aliphatic carbocycles. The molecule has 0 N–H and O–H groups in total. The van der Waals surface area contributed by atoms with Crippen molar-refractivity contribution in [1.29, 1.82) is 0 Å². The van der Waals surface area contributed by atoms with Gasteiger partial charge < -0.3 is 19.1 Å². The highest BCUT2D eigenvalue weighted by Crippen LogP contribution is 2.42. The van der Waals surface area contributed by atoms with Crippen molar-refractivity contribution in [2.24, 2.45) is 5.41 Å². The minimum Gasteiger partial charge on any atom is -0.399 e. The van der Waals surface area contributed by atoms with Gasteiger partial charge in [-0.1, -0.05) is 12.1 Å². The second kappa shape index (κ2) is 6.46. The molecule has 3 saturated heterocycles. The molecule has 3 heterocycles. The molecule has 1 amide bonds. The molecule has 1 spiro atoms. The highest BCUT2D eigenvalue weighted by molar-refractivity contribution is 6.62. The van der Waals surface area contributed by atoms with Crippen LogP contribution >= 0.6 is 0 Å². The van der Waals surface area contributed by atoms with Gasteiger partial charge in [0.25, 0.3) is 0 Å². The second-order valence-electron chi connectivity index (χ2n) is 9.63. The van der Waals surface area contributed by atoms with Crippen LogP contribution in [0.25, 0.3) is 0 Å². The van der Waals surface area contributed by atoms with E-state index < -0.39 is 18.3 Å². The Hall–Kier alpha value is -1.60. The quantitative estimate of drug-likeness (QED) is 0.731. The normalized spacial score (nSPS) is 25.1. The van der Waals surface area contributed by atoms with Crippen molar-refractivity contribution in [1.82, 2.24) is 4.90 Å². The molecule has 152 valence electrons. The maximum Gasteiger partial charge on any atom is 0.497 e. The number of likely N-dealkylation sites (tertiary alicyclic amines) is 1. The van der Waals surface area contributed by atoms with E-state index in [0.29, 0.717) is 11.2 Å². The van der Waals surface area contributed by atoms with Crippen LogP contribution in [0.1, 0.15) is 47.5 Å². The van der Waals surface area contributed by atoms with Gasteiger partial charge in [0.2, 0.25) is 5.91 Å². The first-order valence-corrected chi connectivity index (χ1v) is 10.2. The number of hydrogen-bond donors (Lipinski definition) is 0. The van der Waals surface area contributed by atoms with Crippen LogP contribution in [0.3, 0.4) is 0 Å². The van der Waals surface area contributed by atoms with Crippen molar-refractivity contribution in [3.63, 3.8) is 0 Å². The SMILES string of the molecule is CC(=O)N1CC2(CCN(c3cccc(B4OC(C)(C)C(C)(C)O4)c3F)CC2)C1. The molecule has 3 aliphatic rings. The van der Waals surface area contributed by atoms with Crippen molar-refractivity contribution in [3.8, 4) is 0 Å². The zero-order valence-electron chi connectivity index (χ0n) is 17.5. The van der Waals surface area contributed by atoms with Gasteiger partial charge in [-0.05, 0) is 46.6 Å². The van der Waals surface area contributed by atoms with Crippen molar-refractivity contribution in [2.45, 2.75) is 58.7 Å². The first-order chi connectivity index (χ1) is 13.0. The van der Waals surface area contributed by atoms with Crippen molar-refractivity contribution >= 4 is 24.2 Å². The number of anilines is 1. The summed E-state index contributed by atoms with van der Waals surface area (Å²) in [5, 5.41) is 0. The highest BCUT2D eigenvalue weighted by Gasteiger charge is 2.53. The van der Waals surface area contributed by atoms with Crippen molar-refractivity contribution < 1.29 is 18.5 Å². The predicted molar refractivity (Wildman–Crippen MR) is 108 cm³/mol. The van der Waals surface area contributed by atoms with Gasteiger partial charge in [-0.25, -0.2) is 4.39 Å². The van der Waals surface area contributed by atoms with Crippen LogP contribution in [0.4, 0.5) is 10.1 Å². The van der Waals surface area contributed by atoms with E-state index in [4.69, 9.17) is 9.31 Å². The lowest BCUT2D eigenvalue weighted by atomic mass is 9.71. The molecule has 7 heteroatoms. The first-order valence-electron chi connectivity index (χ1n) is 10.2. The van der Waals surface area contributed by atoms with E-state index in [2.05, 4.69) is 4.90 Å². The number of rotatable bonds is 2. The lowest BCUT2D eigenvalue weighted by Gasteiger charge is -2.54. The molecule has 0 unspecified atom stereocenters. The summed E-state index contributed by atoms with van der Waals surface area (Å²) in [6, 6.07) is 5.47. The third-order valence-corrected chi connectivity index (χ3v) is 7.18. The van der Waals surface area contributed by atoms with E-state index in [0.717, 1.165) is 39.0 Å². The lowest BCUT2D eigenvalue weighted by molar-refractivity contribution is -0.142. The fourth-order valence-electron chi connectivity index (χ4n) is 4.46. The smallest absolute Gasteiger partial charge is 0.399 e. The Balaban J connectivity index is 1.48. The monoisotopic (exact) mass is 388 g/mol. The molecule has 0 saturated carbocycles. The Bertz CT molecular complexity index is 766. The molecule has 0 radical (unpaired) electrons. The van der Waals surface area contributed by atoms with E-state index in [-0.39, 0.29) is 17.1 Å². The van der Waals surface area contributed by atoms with Crippen LogP contribution in [0, 0.1) is 11.2 Å². The largest absolute Gasteiger partial charge is 0.497 e. The summed E-state index contributed by atoms with van der Waals surface area (Å²) in [6.45, 7) is 12.8. The Morgan fingerprint density at radius 3 is 2.18 bits per heavy atom. The molecule has 1 aromatic rings. The summed E-state index contributed by atoms with van der Waals surface area (Å²) in [5.74, 6) is -0.106. The molecule has 3 fully saturated rings. The van der Waals surface area contributed by atoms with Crippen LogP contribution in [-0.2, 0) is 14.1 Å². The van der Waals surface area contributed by atoms with Crippen LogP contribution < -0.4 is 10.4 Å². The molecule has 5 nitrogen and oxygen atoms in total. The number of carbonyl (C=O) groups is 1. The molecular weight excluding hydrogens is 358 g/mol. The van der Waals surface area contributed by atoms with Crippen LogP contribution in [0.5, 0.6) is 0 Å². The lowest BCUT2D eigenvalue weighted by Crippen LogP contribution is -2.61. The van der Waals surface area contributed by atoms with Gasteiger partial charge in [0.1, 0.15) is 5.82 Å². The fourth-order valence-corrected chi connectivity index (χ4v) is 4.46.